The van der Waals surface area contributed by atoms with Gasteiger partial charge in [0.25, 0.3) is 0 Å². The van der Waals surface area contributed by atoms with Crippen LogP contribution in [0.3, 0.4) is 0 Å². The zero-order valence-corrected chi connectivity index (χ0v) is 13.8. The SMILES string of the molecule is Cl.NCC(NS(=O)(=O)c1cc(Cl)cnc1N)C1CCCC1. The third kappa shape index (κ3) is 4.43. The minimum Gasteiger partial charge on any atom is -0.383 e. The number of hydrogen-bond acceptors (Lipinski definition) is 5. The van der Waals surface area contributed by atoms with Gasteiger partial charge in [-0.25, -0.2) is 18.1 Å². The molecule has 0 spiro atoms. The minimum absolute atomic E-state index is 0. The minimum atomic E-state index is -3.76. The fraction of sp³-hybridized carbons (Fsp3) is 0.583. The molecule has 6 nitrogen and oxygen atoms in total. The Hall–Kier alpha value is -0.600. The molecule has 9 heteroatoms. The van der Waals surface area contributed by atoms with Crippen LogP contribution in [0.1, 0.15) is 25.7 Å². The second-order valence-electron chi connectivity index (χ2n) is 5.04. The third-order valence-electron chi connectivity index (χ3n) is 3.67. The van der Waals surface area contributed by atoms with E-state index in [9.17, 15) is 8.42 Å². The van der Waals surface area contributed by atoms with Gasteiger partial charge in [0.15, 0.2) is 0 Å². The standard InChI is InChI=1S/C12H19ClN4O2S.ClH/c13-9-5-11(12(15)16-7-9)20(18,19)17-10(6-14)8-3-1-2-4-8;/h5,7-8,10,17H,1-4,6,14H2,(H2,15,16);1H. The first-order valence-electron chi connectivity index (χ1n) is 6.57. The highest BCUT2D eigenvalue weighted by Crippen LogP contribution is 2.29. The van der Waals surface area contributed by atoms with Gasteiger partial charge in [-0.05, 0) is 24.8 Å². The first-order valence-corrected chi connectivity index (χ1v) is 8.43. The monoisotopic (exact) mass is 354 g/mol. The first-order chi connectivity index (χ1) is 9.44. The Labute approximate surface area is 136 Å². The number of nitrogen functional groups attached to an aromatic ring is 1. The van der Waals surface area contributed by atoms with Crippen LogP contribution in [0.25, 0.3) is 0 Å². The molecule has 0 aromatic carbocycles. The Bertz CT molecular complexity index is 577. The van der Waals surface area contributed by atoms with Gasteiger partial charge in [-0.1, -0.05) is 24.4 Å². The van der Waals surface area contributed by atoms with Crippen LogP contribution in [0.2, 0.25) is 5.02 Å². The lowest BCUT2D eigenvalue weighted by Gasteiger charge is -2.23. The lowest BCUT2D eigenvalue weighted by atomic mass is 9.99. The molecule has 1 heterocycles. The van der Waals surface area contributed by atoms with Crippen molar-refractivity contribution in [3.8, 4) is 0 Å². The number of aromatic nitrogens is 1. The number of anilines is 1. The van der Waals surface area contributed by atoms with Gasteiger partial charge in [0, 0.05) is 18.8 Å². The summed E-state index contributed by atoms with van der Waals surface area (Å²) in [5.41, 5.74) is 11.3. The molecule has 2 rings (SSSR count). The van der Waals surface area contributed by atoms with E-state index in [0.717, 1.165) is 25.7 Å². The number of nitrogens with zero attached hydrogens (tertiary/aromatic N) is 1. The Morgan fingerprint density at radius 1 is 1.43 bits per heavy atom. The fourth-order valence-electron chi connectivity index (χ4n) is 2.61. The van der Waals surface area contributed by atoms with Crippen molar-refractivity contribution in [1.82, 2.24) is 9.71 Å². The summed E-state index contributed by atoms with van der Waals surface area (Å²) in [6.45, 7) is 0.262. The van der Waals surface area contributed by atoms with Crippen LogP contribution in [0.4, 0.5) is 5.82 Å². The zero-order chi connectivity index (χ0) is 14.8. The van der Waals surface area contributed by atoms with Gasteiger partial charge in [0.05, 0.1) is 5.02 Å². The molecule has 21 heavy (non-hydrogen) atoms. The number of pyridine rings is 1. The van der Waals surface area contributed by atoms with Crippen molar-refractivity contribution in [3.05, 3.63) is 17.3 Å². The molecule has 1 aliphatic rings. The molecule has 1 aliphatic carbocycles. The summed E-state index contributed by atoms with van der Waals surface area (Å²) in [6.07, 6.45) is 5.53. The molecule has 1 aromatic rings. The summed E-state index contributed by atoms with van der Waals surface area (Å²) >= 11 is 5.79. The van der Waals surface area contributed by atoms with Crippen LogP contribution in [0.5, 0.6) is 0 Å². The maximum Gasteiger partial charge on any atom is 0.244 e. The van der Waals surface area contributed by atoms with Crippen LogP contribution in [-0.2, 0) is 10.0 Å². The highest BCUT2D eigenvalue weighted by atomic mass is 35.5. The predicted octanol–water partition coefficient (Wildman–Crippen LogP) is 1.53. The average Bonchev–Trinajstić information content (AvgIpc) is 2.92. The Morgan fingerprint density at radius 2 is 2.05 bits per heavy atom. The first kappa shape index (κ1) is 18.4. The molecule has 1 fully saturated rings. The van der Waals surface area contributed by atoms with Gasteiger partial charge >= 0.3 is 0 Å². The van der Waals surface area contributed by atoms with Crippen molar-refractivity contribution in [2.75, 3.05) is 12.3 Å². The number of rotatable bonds is 5. The molecule has 120 valence electrons. The van der Waals surface area contributed by atoms with Crippen LogP contribution in [0.15, 0.2) is 17.2 Å². The molecule has 1 aromatic heterocycles. The van der Waals surface area contributed by atoms with Crippen molar-refractivity contribution in [1.29, 1.82) is 0 Å². The molecule has 0 amide bonds. The molecule has 1 unspecified atom stereocenters. The Morgan fingerprint density at radius 3 is 2.62 bits per heavy atom. The lowest BCUT2D eigenvalue weighted by molar-refractivity contribution is 0.405. The molecule has 0 aliphatic heterocycles. The second kappa shape index (κ2) is 7.60. The molecule has 1 saturated carbocycles. The van der Waals surface area contributed by atoms with E-state index in [4.69, 9.17) is 23.1 Å². The number of nitrogens with two attached hydrogens (primary N) is 2. The van der Waals surface area contributed by atoms with Gasteiger partial charge in [-0.2, -0.15) is 0 Å². The summed E-state index contributed by atoms with van der Waals surface area (Å²) < 4.78 is 27.4. The van der Waals surface area contributed by atoms with Gasteiger partial charge in [-0.3, -0.25) is 0 Å². The average molecular weight is 355 g/mol. The number of hydrogen-bond donors (Lipinski definition) is 3. The van der Waals surface area contributed by atoms with Gasteiger partial charge in [-0.15, -0.1) is 12.4 Å². The van der Waals surface area contributed by atoms with E-state index in [1.807, 2.05) is 0 Å². The van der Waals surface area contributed by atoms with E-state index in [0.29, 0.717) is 0 Å². The summed E-state index contributed by atoms with van der Waals surface area (Å²) in [7, 11) is -3.76. The Balaban J connectivity index is 0.00000220. The van der Waals surface area contributed by atoms with Crippen molar-refractivity contribution in [2.45, 2.75) is 36.6 Å². The van der Waals surface area contributed by atoms with E-state index in [1.54, 1.807) is 0 Å². The van der Waals surface area contributed by atoms with Crippen molar-refractivity contribution in [2.24, 2.45) is 11.7 Å². The third-order valence-corrected chi connectivity index (χ3v) is 5.39. The van der Waals surface area contributed by atoms with Gasteiger partial charge < -0.3 is 11.5 Å². The second-order valence-corrected chi connectivity index (χ2v) is 7.16. The van der Waals surface area contributed by atoms with E-state index < -0.39 is 10.0 Å². The van der Waals surface area contributed by atoms with Crippen LogP contribution in [0, 0.1) is 5.92 Å². The van der Waals surface area contributed by atoms with Crippen molar-refractivity contribution in [3.63, 3.8) is 0 Å². The summed E-state index contributed by atoms with van der Waals surface area (Å²) in [5.74, 6) is 0.215. The molecule has 0 radical (unpaired) electrons. The number of sulfonamides is 1. The van der Waals surface area contributed by atoms with Gasteiger partial charge in [0.2, 0.25) is 10.0 Å². The highest BCUT2D eigenvalue weighted by Gasteiger charge is 2.29. The zero-order valence-electron chi connectivity index (χ0n) is 11.5. The number of halogens is 2. The summed E-state index contributed by atoms with van der Waals surface area (Å²) in [5, 5.41) is 0.227. The lowest BCUT2D eigenvalue weighted by Crippen LogP contribution is -2.44. The quantitative estimate of drug-likeness (QED) is 0.742. The normalized spacial score (nSPS) is 17.4. The number of nitrogens with one attached hydrogen (secondary N) is 1. The van der Waals surface area contributed by atoms with Crippen LogP contribution >= 0.6 is 24.0 Å². The maximum atomic E-state index is 12.4. The van der Waals surface area contributed by atoms with E-state index in [-0.39, 0.29) is 46.6 Å². The largest absolute Gasteiger partial charge is 0.383 e. The van der Waals surface area contributed by atoms with E-state index in [2.05, 4.69) is 9.71 Å². The van der Waals surface area contributed by atoms with Gasteiger partial charge in [0.1, 0.15) is 10.7 Å². The van der Waals surface area contributed by atoms with Crippen molar-refractivity contribution >= 4 is 39.8 Å². The highest BCUT2D eigenvalue weighted by molar-refractivity contribution is 7.89. The summed E-state index contributed by atoms with van der Waals surface area (Å²) in [6, 6.07) is 1.02. The topological polar surface area (TPSA) is 111 Å². The van der Waals surface area contributed by atoms with E-state index >= 15 is 0 Å². The Kier molecular flexibility index (Phi) is 6.68. The molecule has 1 atom stereocenters. The molecule has 0 saturated heterocycles. The smallest absolute Gasteiger partial charge is 0.244 e. The fourth-order valence-corrected chi connectivity index (χ4v) is 4.25. The van der Waals surface area contributed by atoms with E-state index in [1.165, 1.54) is 12.3 Å². The molecular formula is C12H20Cl2N4O2S. The van der Waals surface area contributed by atoms with Crippen molar-refractivity contribution < 1.29 is 8.42 Å². The maximum absolute atomic E-state index is 12.4. The molecular weight excluding hydrogens is 335 g/mol. The predicted molar refractivity (Wildman–Crippen MR) is 86.0 cm³/mol. The molecule has 5 N–H and O–H groups in total. The molecule has 0 bridgehead atoms. The summed E-state index contributed by atoms with van der Waals surface area (Å²) in [4.78, 5) is 3.68. The van der Waals surface area contributed by atoms with Crippen LogP contribution in [-0.4, -0.2) is 26.0 Å². The van der Waals surface area contributed by atoms with Crippen LogP contribution < -0.4 is 16.2 Å².